The summed E-state index contributed by atoms with van der Waals surface area (Å²) in [6.07, 6.45) is 1.14. The van der Waals surface area contributed by atoms with Gasteiger partial charge in [-0.15, -0.1) is 0 Å². The molecule has 1 aliphatic rings. The molecule has 0 fully saturated rings. The first kappa shape index (κ1) is 16.6. The highest BCUT2D eigenvalue weighted by Gasteiger charge is 2.30. The van der Waals surface area contributed by atoms with Gasteiger partial charge in [-0.3, -0.25) is 9.59 Å². The van der Waals surface area contributed by atoms with Gasteiger partial charge in [-0.05, 0) is 24.5 Å². The number of nitrogens with two attached hydrogens (primary N) is 1. The smallest absolute Gasteiger partial charge is 0.288 e. The van der Waals surface area contributed by atoms with Crippen LogP contribution in [0.4, 0.5) is 5.69 Å². The molecular weight excluding hydrogens is 298 g/mol. The van der Waals surface area contributed by atoms with Crippen molar-refractivity contribution in [3.63, 3.8) is 0 Å². The van der Waals surface area contributed by atoms with Crippen molar-refractivity contribution >= 4 is 23.3 Å². The van der Waals surface area contributed by atoms with Crippen LogP contribution in [0, 0.1) is 0 Å². The van der Waals surface area contributed by atoms with Gasteiger partial charge in [-0.1, -0.05) is 6.07 Å². The second-order valence-electron chi connectivity index (χ2n) is 5.18. The highest BCUT2D eigenvalue weighted by atomic mass is 16.5. The molecule has 1 unspecified atom stereocenters. The molecule has 8 nitrogen and oxygen atoms in total. The molecule has 2 rings (SSSR count). The number of nitrogens with one attached hydrogen (secondary N) is 2. The van der Waals surface area contributed by atoms with Gasteiger partial charge in [0.05, 0.1) is 12.8 Å². The van der Waals surface area contributed by atoms with Crippen LogP contribution in [0.25, 0.3) is 0 Å². The largest absolute Gasteiger partial charge is 0.497 e. The predicted octanol–water partition coefficient (Wildman–Crippen LogP) is -0.419. The Morgan fingerprint density at radius 2 is 2.22 bits per heavy atom. The maximum absolute atomic E-state index is 12.6. The van der Waals surface area contributed by atoms with E-state index in [9.17, 15) is 9.59 Å². The van der Waals surface area contributed by atoms with Gasteiger partial charge in [0.25, 0.3) is 5.91 Å². The molecule has 124 valence electrons. The molecule has 0 bridgehead atoms. The molecule has 0 aromatic heterocycles. The Morgan fingerprint density at radius 3 is 2.87 bits per heavy atom. The Hall–Kier alpha value is -2.77. The number of hydrazone groups is 1. The highest BCUT2D eigenvalue weighted by molar-refractivity contribution is 6.37. The van der Waals surface area contributed by atoms with Crippen molar-refractivity contribution in [3.05, 3.63) is 23.8 Å². The highest BCUT2D eigenvalue weighted by Crippen LogP contribution is 2.29. The third-order valence-electron chi connectivity index (χ3n) is 3.76. The van der Waals surface area contributed by atoms with E-state index in [1.165, 1.54) is 11.9 Å². The second kappa shape index (κ2) is 6.99. The van der Waals surface area contributed by atoms with Crippen molar-refractivity contribution in [2.45, 2.75) is 18.9 Å². The first-order chi connectivity index (χ1) is 11.0. The zero-order chi connectivity index (χ0) is 17.0. The Balaban J connectivity index is 2.21. The standard InChI is InChI=1S/C15H21N5O3/c1-17-19-13(16)14(21)18-11-7-5-9-4-6-10(23-3)8-12(9)20(2)15(11)22/h4,6,8,11,17H,5,7H2,1-3H3,(H2,16,19)(H,18,21). The molecule has 23 heavy (non-hydrogen) atoms. The van der Waals surface area contributed by atoms with Gasteiger partial charge >= 0.3 is 0 Å². The van der Waals surface area contributed by atoms with Crippen LogP contribution in [0.15, 0.2) is 23.3 Å². The van der Waals surface area contributed by atoms with E-state index in [1.54, 1.807) is 14.2 Å². The van der Waals surface area contributed by atoms with E-state index in [0.29, 0.717) is 18.6 Å². The van der Waals surface area contributed by atoms with E-state index in [4.69, 9.17) is 10.5 Å². The first-order valence-electron chi connectivity index (χ1n) is 7.23. The molecule has 1 aromatic rings. The van der Waals surface area contributed by atoms with E-state index < -0.39 is 11.9 Å². The maximum Gasteiger partial charge on any atom is 0.288 e. The van der Waals surface area contributed by atoms with E-state index in [-0.39, 0.29) is 11.7 Å². The second-order valence-corrected chi connectivity index (χ2v) is 5.18. The van der Waals surface area contributed by atoms with Crippen molar-refractivity contribution in [1.29, 1.82) is 0 Å². The van der Waals surface area contributed by atoms with Crippen molar-refractivity contribution < 1.29 is 14.3 Å². The number of nitrogens with zero attached hydrogens (tertiary/aromatic N) is 2. The normalized spacial score (nSPS) is 18.0. The van der Waals surface area contributed by atoms with Crippen LogP contribution < -0.4 is 26.1 Å². The number of amides is 2. The summed E-state index contributed by atoms with van der Waals surface area (Å²) in [6.45, 7) is 0. The van der Waals surface area contributed by atoms with Gasteiger partial charge in [0, 0.05) is 20.2 Å². The number of hydrogen-bond donors (Lipinski definition) is 3. The lowest BCUT2D eigenvalue weighted by atomic mass is 10.1. The molecule has 1 aromatic carbocycles. The third-order valence-corrected chi connectivity index (χ3v) is 3.76. The van der Waals surface area contributed by atoms with Crippen LogP contribution in [-0.2, 0) is 16.0 Å². The molecule has 8 heteroatoms. The minimum Gasteiger partial charge on any atom is -0.497 e. The molecule has 1 aliphatic heterocycles. The number of carbonyl (C=O) groups is 2. The van der Waals surface area contributed by atoms with Gasteiger partial charge in [-0.25, -0.2) is 0 Å². The first-order valence-corrected chi connectivity index (χ1v) is 7.23. The molecule has 0 radical (unpaired) electrons. The predicted molar refractivity (Wildman–Crippen MR) is 87.3 cm³/mol. The van der Waals surface area contributed by atoms with Crippen LogP contribution >= 0.6 is 0 Å². The Labute approximate surface area is 134 Å². The molecule has 4 N–H and O–H groups in total. The number of hydrogen-bond acceptors (Lipinski definition) is 5. The molecule has 0 spiro atoms. The van der Waals surface area contributed by atoms with E-state index in [1.807, 2.05) is 18.2 Å². The number of rotatable bonds is 3. The van der Waals surface area contributed by atoms with Crippen LogP contribution in [0.3, 0.4) is 0 Å². The topological polar surface area (TPSA) is 109 Å². The van der Waals surface area contributed by atoms with Gasteiger partial charge in [0.2, 0.25) is 11.7 Å². The van der Waals surface area contributed by atoms with Crippen molar-refractivity contribution in [3.8, 4) is 5.75 Å². The number of aryl methyl sites for hydroxylation is 1. The average Bonchev–Trinajstić information content (AvgIpc) is 2.67. The molecule has 0 aliphatic carbocycles. The maximum atomic E-state index is 12.6. The van der Waals surface area contributed by atoms with Gasteiger partial charge in [-0.2, -0.15) is 5.10 Å². The summed E-state index contributed by atoms with van der Waals surface area (Å²) in [4.78, 5) is 26.1. The molecular formula is C15H21N5O3. The van der Waals surface area contributed by atoms with Crippen molar-refractivity contribution in [2.75, 3.05) is 26.1 Å². The zero-order valence-electron chi connectivity index (χ0n) is 13.4. The van der Waals surface area contributed by atoms with Crippen molar-refractivity contribution in [2.24, 2.45) is 10.8 Å². The number of carbonyl (C=O) groups excluding carboxylic acids is 2. The molecule has 2 amide bonds. The number of methoxy groups -OCH3 is 1. The molecule has 0 saturated carbocycles. The van der Waals surface area contributed by atoms with Gasteiger partial charge in [0.1, 0.15) is 11.8 Å². The van der Waals surface area contributed by atoms with Gasteiger partial charge < -0.3 is 26.1 Å². The number of likely N-dealkylation sites (N-methyl/N-ethyl adjacent to an activating group) is 1. The summed E-state index contributed by atoms with van der Waals surface area (Å²) in [5.41, 5.74) is 9.76. The zero-order valence-corrected chi connectivity index (χ0v) is 13.4. The minimum atomic E-state index is -0.656. The number of anilines is 1. The van der Waals surface area contributed by atoms with E-state index in [0.717, 1.165) is 11.3 Å². The lowest BCUT2D eigenvalue weighted by Gasteiger charge is -2.22. The quantitative estimate of drug-likeness (QED) is 0.398. The van der Waals surface area contributed by atoms with Crippen LogP contribution in [0.2, 0.25) is 0 Å². The number of amidine groups is 1. The Morgan fingerprint density at radius 1 is 1.48 bits per heavy atom. The summed E-state index contributed by atoms with van der Waals surface area (Å²) < 4.78 is 5.21. The minimum absolute atomic E-state index is 0.206. The monoisotopic (exact) mass is 319 g/mol. The lowest BCUT2D eigenvalue weighted by molar-refractivity contribution is -0.124. The van der Waals surface area contributed by atoms with E-state index in [2.05, 4.69) is 15.8 Å². The summed E-state index contributed by atoms with van der Waals surface area (Å²) in [6, 6.07) is 4.94. The van der Waals surface area contributed by atoms with Gasteiger partial charge in [0.15, 0.2) is 0 Å². The summed E-state index contributed by atoms with van der Waals surface area (Å²) in [5, 5.41) is 6.24. The third kappa shape index (κ3) is 3.53. The average molecular weight is 319 g/mol. The fourth-order valence-corrected chi connectivity index (χ4v) is 2.51. The van der Waals surface area contributed by atoms with E-state index >= 15 is 0 Å². The SMILES string of the molecule is CNN=C(N)C(=O)NC1CCc2ccc(OC)cc2N(C)C1=O. The molecule has 1 heterocycles. The summed E-state index contributed by atoms with van der Waals surface area (Å²) in [5.74, 6) is -0.320. The summed E-state index contributed by atoms with van der Waals surface area (Å²) >= 11 is 0. The molecule has 1 atom stereocenters. The Bertz CT molecular complexity index is 644. The fraction of sp³-hybridized carbons (Fsp3) is 0.400. The number of benzene rings is 1. The lowest BCUT2D eigenvalue weighted by Crippen LogP contribution is -2.50. The van der Waals surface area contributed by atoms with Crippen molar-refractivity contribution in [1.82, 2.24) is 10.7 Å². The number of fused-ring (bicyclic) bond motifs is 1. The summed E-state index contributed by atoms with van der Waals surface area (Å²) in [7, 11) is 4.79. The van der Waals surface area contributed by atoms with Crippen LogP contribution in [0.1, 0.15) is 12.0 Å². The van der Waals surface area contributed by atoms with Crippen LogP contribution in [0.5, 0.6) is 5.75 Å². The fourth-order valence-electron chi connectivity index (χ4n) is 2.51. The Kier molecular flexibility index (Phi) is 5.05. The molecule has 0 saturated heterocycles. The van der Waals surface area contributed by atoms with Crippen LogP contribution in [-0.4, -0.2) is 44.9 Å². The number of ether oxygens (including phenoxy) is 1.